The summed E-state index contributed by atoms with van der Waals surface area (Å²) < 4.78 is 6.93. The minimum Gasteiger partial charge on any atom is -0.385 e. The fraction of sp³-hybridized carbons (Fsp3) is 0.600. The molecule has 0 aliphatic heterocycles. The van der Waals surface area contributed by atoms with Crippen molar-refractivity contribution in [2.45, 2.75) is 45.1 Å². The van der Waals surface area contributed by atoms with Gasteiger partial charge in [-0.05, 0) is 43.7 Å². The Kier molecular flexibility index (Phi) is 4.75. The molecule has 0 bridgehead atoms. The smallest absolute Gasteiger partial charge is 0.255 e. The van der Waals surface area contributed by atoms with Crippen molar-refractivity contribution in [1.82, 2.24) is 4.57 Å². The third kappa shape index (κ3) is 3.05. The molecule has 1 heterocycles. The van der Waals surface area contributed by atoms with Gasteiger partial charge in [0.25, 0.3) is 5.56 Å². The van der Waals surface area contributed by atoms with Gasteiger partial charge in [0.15, 0.2) is 0 Å². The van der Waals surface area contributed by atoms with E-state index in [1.54, 1.807) is 7.11 Å². The zero-order valence-electron chi connectivity index (χ0n) is 11.4. The largest absolute Gasteiger partial charge is 0.385 e. The number of hydrogen-bond donors (Lipinski definition) is 0. The van der Waals surface area contributed by atoms with Gasteiger partial charge >= 0.3 is 0 Å². The second-order valence-electron chi connectivity index (χ2n) is 4.99. The number of ether oxygens (including phenoxy) is 1. The minimum atomic E-state index is 0.0123. The first kappa shape index (κ1) is 13.8. The summed E-state index contributed by atoms with van der Waals surface area (Å²) in [5.74, 6) is 0. The summed E-state index contributed by atoms with van der Waals surface area (Å²) in [5, 5.41) is 8.84. The van der Waals surface area contributed by atoms with Crippen LogP contribution in [0, 0.1) is 11.3 Å². The molecule has 0 amide bonds. The van der Waals surface area contributed by atoms with Gasteiger partial charge < -0.3 is 9.30 Å². The third-order valence-corrected chi connectivity index (χ3v) is 3.67. The van der Waals surface area contributed by atoms with Gasteiger partial charge in [0.1, 0.15) is 0 Å². The van der Waals surface area contributed by atoms with Gasteiger partial charge in [-0.2, -0.15) is 5.26 Å². The number of aryl methyl sites for hydroxylation is 1. The Morgan fingerprint density at radius 1 is 1.42 bits per heavy atom. The lowest BCUT2D eigenvalue weighted by Gasteiger charge is -2.22. The van der Waals surface area contributed by atoms with Crippen molar-refractivity contribution in [2.75, 3.05) is 13.7 Å². The van der Waals surface area contributed by atoms with E-state index in [-0.39, 0.29) is 12.0 Å². The quantitative estimate of drug-likeness (QED) is 0.759. The molecule has 19 heavy (non-hydrogen) atoms. The first-order valence-corrected chi connectivity index (χ1v) is 6.88. The average Bonchev–Trinajstić information content (AvgIpc) is 2.43. The van der Waals surface area contributed by atoms with Crippen LogP contribution in [0.1, 0.15) is 36.1 Å². The van der Waals surface area contributed by atoms with E-state index >= 15 is 0 Å². The molecule has 0 saturated heterocycles. The molecule has 1 aromatic heterocycles. The van der Waals surface area contributed by atoms with Crippen LogP contribution in [0.5, 0.6) is 0 Å². The molecule has 0 radical (unpaired) electrons. The zero-order valence-corrected chi connectivity index (χ0v) is 11.4. The van der Waals surface area contributed by atoms with Crippen molar-refractivity contribution in [3.63, 3.8) is 0 Å². The Morgan fingerprint density at radius 2 is 2.21 bits per heavy atom. The van der Waals surface area contributed by atoms with Crippen LogP contribution in [0.4, 0.5) is 0 Å². The molecule has 4 heteroatoms. The Labute approximate surface area is 113 Å². The number of rotatable bonds is 5. The van der Waals surface area contributed by atoms with E-state index in [0.29, 0.717) is 18.7 Å². The van der Waals surface area contributed by atoms with E-state index in [0.717, 1.165) is 25.7 Å². The van der Waals surface area contributed by atoms with Crippen molar-refractivity contribution in [3.05, 3.63) is 33.2 Å². The molecule has 0 aromatic carbocycles. The highest BCUT2D eigenvalue weighted by Crippen LogP contribution is 2.21. The van der Waals surface area contributed by atoms with E-state index in [1.165, 1.54) is 17.7 Å². The van der Waals surface area contributed by atoms with Crippen LogP contribution < -0.4 is 5.56 Å². The summed E-state index contributed by atoms with van der Waals surface area (Å²) in [7, 11) is 1.67. The number of methoxy groups -OCH3 is 1. The number of nitriles is 1. The predicted octanol–water partition coefficient (Wildman–Crippen LogP) is 1.83. The lowest BCUT2D eigenvalue weighted by Crippen LogP contribution is -2.30. The first-order chi connectivity index (χ1) is 9.27. The van der Waals surface area contributed by atoms with Gasteiger partial charge in [-0.1, -0.05) is 0 Å². The maximum atomic E-state index is 12.4. The fourth-order valence-electron chi connectivity index (χ4n) is 2.76. The molecule has 1 aliphatic carbocycles. The third-order valence-electron chi connectivity index (χ3n) is 3.67. The van der Waals surface area contributed by atoms with Gasteiger partial charge in [-0.15, -0.1) is 0 Å². The van der Waals surface area contributed by atoms with E-state index in [4.69, 9.17) is 10.00 Å². The van der Waals surface area contributed by atoms with Crippen LogP contribution in [-0.4, -0.2) is 18.3 Å². The summed E-state index contributed by atoms with van der Waals surface area (Å²) in [6.45, 7) is 1.35. The lowest BCUT2D eigenvalue weighted by molar-refractivity contribution is 0.189. The summed E-state index contributed by atoms with van der Waals surface area (Å²) in [6, 6.07) is 4.04. The standard InChI is InChI=1S/C15H20N2O2/c1-19-10-4-9-17-14-6-3-2-5-12(14)11-13(7-8-16)15(17)18/h11H,2-7,9-10H2,1H3. The van der Waals surface area contributed by atoms with Gasteiger partial charge in [0.05, 0.1) is 12.5 Å². The summed E-state index contributed by atoms with van der Waals surface area (Å²) >= 11 is 0. The van der Waals surface area contributed by atoms with Gasteiger partial charge in [0.2, 0.25) is 0 Å². The second kappa shape index (κ2) is 6.53. The van der Waals surface area contributed by atoms with E-state index in [9.17, 15) is 4.79 Å². The van der Waals surface area contributed by atoms with Crippen LogP contribution in [0.2, 0.25) is 0 Å². The number of hydrogen-bond acceptors (Lipinski definition) is 3. The van der Waals surface area contributed by atoms with Crippen molar-refractivity contribution in [1.29, 1.82) is 5.26 Å². The van der Waals surface area contributed by atoms with E-state index < -0.39 is 0 Å². The van der Waals surface area contributed by atoms with Crippen LogP contribution >= 0.6 is 0 Å². The molecule has 102 valence electrons. The summed E-state index contributed by atoms with van der Waals surface area (Å²) in [6.07, 6.45) is 5.36. The Balaban J connectivity index is 2.39. The monoisotopic (exact) mass is 260 g/mol. The first-order valence-electron chi connectivity index (χ1n) is 6.88. The van der Waals surface area contributed by atoms with Crippen molar-refractivity contribution in [3.8, 4) is 6.07 Å². The SMILES string of the molecule is COCCCn1c2c(cc(CC#N)c1=O)CCCC2. The molecule has 0 fully saturated rings. The Bertz CT molecular complexity index is 540. The molecular formula is C15H20N2O2. The molecule has 0 unspecified atom stereocenters. The topological polar surface area (TPSA) is 55.0 Å². The molecular weight excluding hydrogens is 240 g/mol. The molecule has 1 aromatic rings. The van der Waals surface area contributed by atoms with Crippen LogP contribution in [0.15, 0.2) is 10.9 Å². The lowest BCUT2D eigenvalue weighted by atomic mass is 9.94. The minimum absolute atomic E-state index is 0.0123. The average molecular weight is 260 g/mol. The van der Waals surface area contributed by atoms with Crippen LogP contribution in [0.3, 0.4) is 0 Å². The van der Waals surface area contributed by atoms with Gasteiger partial charge in [-0.25, -0.2) is 0 Å². The van der Waals surface area contributed by atoms with Crippen molar-refractivity contribution in [2.24, 2.45) is 0 Å². The highest BCUT2D eigenvalue weighted by atomic mass is 16.5. The fourth-order valence-corrected chi connectivity index (χ4v) is 2.76. The number of fused-ring (bicyclic) bond motifs is 1. The predicted molar refractivity (Wildman–Crippen MR) is 73.2 cm³/mol. The summed E-state index contributed by atoms with van der Waals surface area (Å²) in [4.78, 5) is 12.4. The molecule has 0 spiro atoms. The maximum absolute atomic E-state index is 12.4. The van der Waals surface area contributed by atoms with E-state index in [1.807, 2.05) is 10.6 Å². The Morgan fingerprint density at radius 3 is 2.95 bits per heavy atom. The van der Waals surface area contributed by atoms with Gasteiger partial charge in [0, 0.05) is 31.5 Å². The van der Waals surface area contributed by atoms with Gasteiger partial charge in [-0.3, -0.25) is 4.79 Å². The van der Waals surface area contributed by atoms with Crippen molar-refractivity contribution >= 4 is 0 Å². The highest BCUT2D eigenvalue weighted by molar-refractivity contribution is 5.30. The highest BCUT2D eigenvalue weighted by Gasteiger charge is 2.17. The number of aromatic nitrogens is 1. The molecule has 0 saturated carbocycles. The Hall–Kier alpha value is -1.60. The maximum Gasteiger partial charge on any atom is 0.255 e. The molecule has 0 atom stereocenters. The molecule has 2 rings (SSSR count). The zero-order chi connectivity index (χ0) is 13.7. The van der Waals surface area contributed by atoms with Crippen molar-refractivity contribution < 1.29 is 4.74 Å². The number of nitrogens with zero attached hydrogens (tertiary/aromatic N) is 2. The normalized spacial score (nSPS) is 13.9. The second-order valence-corrected chi connectivity index (χ2v) is 4.99. The molecule has 1 aliphatic rings. The number of pyridine rings is 1. The van der Waals surface area contributed by atoms with Crippen LogP contribution in [-0.2, 0) is 30.5 Å². The summed E-state index contributed by atoms with van der Waals surface area (Å²) in [5.41, 5.74) is 3.08. The molecule has 4 nitrogen and oxygen atoms in total. The van der Waals surface area contributed by atoms with Crippen LogP contribution in [0.25, 0.3) is 0 Å². The molecule has 0 N–H and O–H groups in total. The van der Waals surface area contributed by atoms with E-state index in [2.05, 4.69) is 6.07 Å².